The Morgan fingerprint density at radius 2 is 2.03 bits per heavy atom. The second-order valence-electron chi connectivity index (χ2n) is 6.89. The van der Waals surface area contributed by atoms with Gasteiger partial charge in [0, 0.05) is 18.0 Å². The van der Waals surface area contributed by atoms with Crippen LogP contribution in [0.25, 0.3) is 0 Å². The molecule has 164 valence electrons. The molecule has 0 saturated carbocycles. The van der Waals surface area contributed by atoms with E-state index in [1.165, 1.54) is 6.92 Å². The highest BCUT2D eigenvalue weighted by atomic mass is 35.5. The summed E-state index contributed by atoms with van der Waals surface area (Å²) < 4.78 is 5.91. The Labute approximate surface area is 179 Å². The Kier molecular flexibility index (Phi) is 10.4. The molecule has 1 rings (SSSR count). The second-order valence-corrected chi connectivity index (χ2v) is 7.74. The van der Waals surface area contributed by atoms with Gasteiger partial charge in [0.1, 0.15) is 31.6 Å². The van der Waals surface area contributed by atoms with Crippen molar-refractivity contribution in [3.05, 3.63) is 38.4 Å². The summed E-state index contributed by atoms with van der Waals surface area (Å²) in [5.41, 5.74) is 0. The van der Waals surface area contributed by atoms with Crippen molar-refractivity contribution in [2.24, 2.45) is 0 Å². The lowest BCUT2D eigenvalue weighted by molar-refractivity contribution is -0.893. The van der Waals surface area contributed by atoms with Crippen molar-refractivity contribution in [1.29, 1.82) is 0 Å². The molecule has 1 N–H and O–H groups in total. The molecule has 10 nitrogen and oxygen atoms in total. The number of amides is 1. The number of carbonyl (C=O) groups excluding carboxylic acids is 1. The summed E-state index contributed by atoms with van der Waals surface area (Å²) in [6.45, 7) is 1.97. The van der Waals surface area contributed by atoms with Gasteiger partial charge in [-0.2, -0.15) is 0 Å². The number of aliphatic hydroxyl groups excluding tert-OH is 1. The number of hydroxylamine groups is 2. The van der Waals surface area contributed by atoms with E-state index in [1.54, 1.807) is 18.2 Å². The molecule has 1 amide bonds. The molecule has 1 atom stereocenters. The van der Waals surface area contributed by atoms with Gasteiger partial charge in [-0.3, -0.25) is 9.63 Å². The predicted octanol–water partition coefficient (Wildman–Crippen LogP) is 1.80. The molecule has 0 spiro atoms. The van der Waals surface area contributed by atoms with E-state index in [0.29, 0.717) is 33.4 Å². The lowest BCUT2D eigenvalue weighted by Crippen LogP contribution is -2.51. The van der Waals surface area contributed by atoms with Crippen LogP contribution < -0.4 is 4.74 Å². The van der Waals surface area contributed by atoms with Crippen LogP contribution in [-0.2, 0) is 14.5 Å². The molecule has 0 aliphatic rings. The summed E-state index contributed by atoms with van der Waals surface area (Å²) in [6.07, 6.45) is -0.791. The Balaban J connectivity index is 2.45. The van der Waals surface area contributed by atoms with Gasteiger partial charge in [0.2, 0.25) is 5.91 Å². The molecular weight excluding hydrogens is 429 g/mol. The average molecular weight is 455 g/mol. The topological polar surface area (TPSA) is 111 Å². The first-order valence-corrected chi connectivity index (χ1v) is 9.52. The molecular formula is C17H26Cl2N3O7+. The van der Waals surface area contributed by atoms with Gasteiger partial charge in [-0.15, -0.1) is 10.1 Å². The summed E-state index contributed by atoms with van der Waals surface area (Å²) in [6, 6.07) is 4.82. The summed E-state index contributed by atoms with van der Waals surface area (Å²) >= 11 is 11.9. The van der Waals surface area contributed by atoms with Gasteiger partial charge in [0.15, 0.2) is 0 Å². The monoisotopic (exact) mass is 454 g/mol. The van der Waals surface area contributed by atoms with Crippen LogP contribution in [0.4, 0.5) is 0 Å². The highest BCUT2D eigenvalue weighted by molar-refractivity contribution is 6.34. The predicted molar refractivity (Wildman–Crippen MR) is 106 cm³/mol. The normalized spacial score (nSPS) is 12.3. The van der Waals surface area contributed by atoms with Crippen LogP contribution in [-0.4, -0.2) is 85.3 Å². The van der Waals surface area contributed by atoms with Crippen molar-refractivity contribution in [2.75, 3.05) is 53.6 Å². The minimum atomic E-state index is -0.929. The lowest BCUT2D eigenvalue weighted by atomic mass is 10.3. The van der Waals surface area contributed by atoms with Gasteiger partial charge < -0.3 is 19.2 Å². The van der Waals surface area contributed by atoms with E-state index in [4.69, 9.17) is 32.8 Å². The Bertz CT molecular complexity index is 691. The minimum Gasteiger partial charge on any atom is -0.489 e. The zero-order valence-corrected chi connectivity index (χ0v) is 18.1. The number of carbonyl (C=O) groups is 1. The number of aliphatic hydroxyl groups is 1. The van der Waals surface area contributed by atoms with Crippen LogP contribution in [0.5, 0.6) is 5.75 Å². The van der Waals surface area contributed by atoms with E-state index in [0.717, 1.165) is 5.06 Å². The third kappa shape index (κ3) is 10.5. The van der Waals surface area contributed by atoms with E-state index < -0.39 is 11.2 Å². The fourth-order valence-electron chi connectivity index (χ4n) is 2.42. The highest BCUT2D eigenvalue weighted by Gasteiger charge is 2.23. The first-order valence-electron chi connectivity index (χ1n) is 8.76. The van der Waals surface area contributed by atoms with Crippen molar-refractivity contribution in [3.8, 4) is 5.75 Å². The lowest BCUT2D eigenvalue weighted by Gasteiger charge is -2.33. The van der Waals surface area contributed by atoms with Crippen molar-refractivity contribution in [3.63, 3.8) is 0 Å². The van der Waals surface area contributed by atoms with Crippen molar-refractivity contribution in [2.45, 2.75) is 13.0 Å². The zero-order chi connectivity index (χ0) is 22.0. The third-order valence-corrected chi connectivity index (χ3v) is 4.36. The standard InChI is InChI=1S/C17H26Cl2N3O7/c1-13(23)20(28-8-9-29-21(25)26)6-7-22(2,3)11-15(24)12-27-17-10-14(18)4-5-16(17)19/h4-5,10,15,24H,6-9,11-12H2,1-3H3/q+1. The molecule has 0 aliphatic heterocycles. The number of rotatable bonds is 13. The molecule has 12 heteroatoms. The van der Waals surface area contributed by atoms with Crippen LogP contribution in [0.15, 0.2) is 18.2 Å². The van der Waals surface area contributed by atoms with Crippen LogP contribution >= 0.6 is 23.2 Å². The van der Waals surface area contributed by atoms with Gasteiger partial charge in [-0.05, 0) is 12.1 Å². The zero-order valence-electron chi connectivity index (χ0n) is 16.5. The number of hydrogen-bond donors (Lipinski definition) is 1. The summed E-state index contributed by atoms with van der Waals surface area (Å²) in [4.78, 5) is 31.1. The summed E-state index contributed by atoms with van der Waals surface area (Å²) in [5, 5.41) is 21.5. The highest BCUT2D eigenvalue weighted by Crippen LogP contribution is 2.27. The van der Waals surface area contributed by atoms with E-state index in [1.807, 2.05) is 14.1 Å². The number of ether oxygens (including phenoxy) is 1. The number of quaternary nitrogens is 1. The number of benzene rings is 1. The maximum absolute atomic E-state index is 11.7. The maximum atomic E-state index is 11.7. The van der Waals surface area contributed by atoms with E-state index in [2.05, 4.69) is 4.84 Å². The third-order valence-electron chi connectivity index (χ3n) is 3.82. The van der Waals surface area contributed by atoms with E-state index in [-0.39, 0.29) is 32.3 Å². The van der Waals surface area contributed by atoms with Crippen molar-refractivity contribution in [1.82, 2.24) is 5.06 Å². The number of likely N-dealkylation sites (N-methyl/N-ethyl adjacent to an activating group) is 1. The van der Waals surface area contributed by atoms with E-state index >= 15 is 0 Å². The molecule has 1 aromatic rings. The molecule has 0 radical (unpaired) electrons. The van der Waals surface area contributed by atoms with E-state index in [9.17, 15) is 20.0 Å². The number of halogens is 2. The summed E-state index contributed by atoms with van der Waals surface area (Å²) in [7, 11) is 3.76. The van der Waals surface area contributed by atoms with Crippen LogP contribution in [0, 0.1) is 10.1 Å². The first kappa shape index (κ1) is 25.2. The fourth-order valence-corrected chi connectivity index (χ4v) is 2.76. The minimum absolute atomic E-state index is 0.0207. The van der Waals surface area contributed by atoms with Crippen LogP contribution in [0.1, 0.15) is 6.92 Å². The van der Waals surface area contributed by atoms with Gasteiger partial charge in [0.05, 0.1) is 38.8 Å². The Morgan fingerprint density at radius 3 is 2.66 bits per heavy atom. The largest absolute Gasteiger partial charge is 0.489 e. The Morgan fingerprint density at radius 1 is 1.34 bits per heavy atom. The van der Waals surface area contributed by atoms with Gasteiger partial charge in [-0.1, -0.05) is 23.2 Å². The molecule has 0 aromatic heterocycles. The van der Waals surface area contributed by atoms with Gasteiger partial charge in [-0.25, -0.2) is 5.06 Å². The van der Waals surface area contributed by atoms with Gasteiger partial charge in [0.25, 0.3) is 5.09 Å². The van der Waals surface area contributed by atoms with Crippen LogP contribution in [0.3, 0.4) is 0 Å². The Hall–Kier alpha value is -1.85. The van der Waals surface area contributed by atoms with Crippen molar-refractivity contribution < 1.29 is 33.9 Å². The molecule has 0 heterocycles. The van der Waals surface area contributed by atoms with Crippen LogP contribution in [0.2, 0.25) is 10.0 Å². The molecule has 0 fully saturated rings. The molecule has 0 aliphatic carbocycles. The molecule has 29 heavy (non-hydrogen) atoms. The molecule has 0 bridgehead atoms. The average Bonchev–Trinajstić information content (AvgIpc) is 2.60. The van der Waals surface area contributed by atoms with Gasteiger partial charge >= 0.3 is 0 Å². The molecule has 1 unspecified atom stereocenters. The second kappa shape index (κ2) is 12.0. The number of hydrogen-bond acceptors (Lipinski definition) is 7. The summed E-state index contributed by atoms with van der Waals surface area (Å²) in [5.74, 6) is 0.0437. The molecule has 0 saturated heterocycles. The van der Waals surface area contributed by atoms with Crippen molar-refractivity contribution >= 4 is 29.1 Å². The fraction of sp³-hybridized carbons (Fsp3) is 0.588. The quantitative estimate of drug-likeness (QED) is 0.209. The number of nitrogens with zero attached hydrogens (tertiary/aromatic N) is 3. The SMILES string of the molecule is CC(=O)N(CC[N+](C)(C)CC(O)COc1cc(Cl)ccc1Cl)OCCO[N+](=O)[O-]. The molecule has 1 aromatic carbocycles. The smallest absolute Gasteiger partial charge is 0.294 e. The first-order chi connectivity index (χ1) is 13.5. The maximum Gasteiger partial charge on any atom is 0.294 e.